The molecule has 0 aliphatic heterocycles. The van der Waals surface area contributed by atoms with Crippen LogP contribution in [0, 0.1) is 0 Å². The van der Waals surface area contributed by atoms with E-state index in [2.05, 4.69) is 14.7 Å². The van der Waals surface area contributed by atoms with E-state index in [9.17, 15) is 8.42 Å². The monoisotopic (exact) mass is 468 g/mol. The van der Waals surface area contributed by atoms with Crippen molar-refractivity contribution in [2.24, 2.45) is 5.73 Å². The zero-order chi connectivity index (χ0) is 21.9. The number of halogens is 2. The third kappa shape index (κ3) is 4.93. The Morgan fingerprint density at radius 2 is 1.83 bits per heavy atom. The maximum atomic E-state index is 12.7. The van der Waals surface area contributed by atoms with Gasteiger partial charge in [-0.15, -0.1) is 0 Å². The fourth-order valence-corrected chi connectivity index (χ4v) is 4.22. The second kappa shape index (κ2) is 9.05. The zero-order valence-electron chi connectivity index (χ0n) is 16.0. The molecule has 3 rings (SSSR count). The van der Waals surface area contributed by atoms with Gasteiger partial charge >= 0.3 is 0 Å². The first-order chi connectivity index (χ1) is 14.2. The summed E-state index contributed by atoms with van der Waals surface area (Å²) in [5.41, 5.74) is 6.78. The van der Waals surface area contributed by atoms with Crippen molar-refractivity contribution in [3.63, 3.8) is 0 Å². The molecule has 1 aromatic heterocycles. The minimum atomic E-state index is -4.09. The van der Waals surface area contributed by atoms with Crippen LogP contribution in [0.1, 0.15) is 18.5 Å². The largest absolute Gasteiger partial charge is 0.478 e. The van der Waals surface area contributed by atoms with Crippen LogP contribution >= 0.6 is 23.2 Å². The van der Waals surface area contributed by atoms with Crippen LogP contribution in [0.4, 0.5) is 5.82 Å². The van der Waals surface area contributed by atoms with E-state index in [-0.39, 0.29) is 38.6 Å². The lowest BCUT2D eigenvalue weighted by molar-refractivity contribution is 0.382. The summed E-state index contributed by atoms with van der Waals surface area (Å²) in [5.74, 6) is 0.411. The Bertz CT molecular complexity index is 1160. The predicted molar refractivity (Wildman–Crippen MR) is 115 cm³/mol. The van der Waals surface area contributed by atoms with Gasteiger partial charge in [0.1, 0.15) is 10.6 Å². The molecule has 30 heavy (non-hydrogen) atoms. The Balaban J connectivity index is 1.84. The molecule has 0 spiro atoms. The molecule has 0 radical (unpaired) electrons. The molecule has 8 nitrogen and oxygen atoms in total. The third-order valence-corrected chi connectivity index (χ3v) is 6.29. The number of nitrogens with zero attached hydrogens (tertiary/aromatic N) is 2. The van der Waals surface area contributed by atoms with Crippen LogP contribution < -0.4 is 19.9 Å². The molecule has 0 saturated heterocycles. The van der Waals surface area contributed by atoms with Gasteiger partial charge in [-0.05, 0) is 36.8 Å². The zero-order valence-corrected chi connectivity index (χ0v) is 18.3. The Labute approximate surface area is 184 Å². The van der Waals surface area contributed by atoms with E-state index in [1.54, 1.807) is 12.1 Å². The van der Waals surface area contributed by atoms with Crippen LogP contribution in [0.25, 0.3) is 0 Å². The highest BCUT2D eigenvalue weighted by Gasteiger charge is 2.23. The Hall–Kier alpha value is -2.59. The highest BCUT2D eigenvalue weighted by molar-refractivity contribution is 7.92. The molecule has 0 bridgehead atoms. The molecule has 0 aliphatic carbocycles. The number of aromatic nitrogens is 2. The number of methoxy groups -OCH3 is 1. The van der Waals surface area contributed by atoms with Gasteiger partial charge in [-0.2, -0.15) is 4.98 Å². The van der Waals surface area contributed by atoms with E-state index >= 15 is 0 Å². The van der Waals surface area contributed by atoms with Crippen molar-refractivity contribution >= 4 is 39.0 Å². The molecule has 0 fully saturated rings. The van der Waals surface area contributed by atoms with Crippen molar-refractivity contribution in [2.75, 3.05) is 11.8 Å². The number of sulfonamides is 1. The number of nitrogens with one attached hydrogen (secondary N) is 1. The minimum Gasteiger partial charge on any atom is -0.478 e. The lowest BCUT2D eigenvalue weighted by Gasteiger charge is -2.13. The van der Waals surface area contributed by atoms with Gasteiger partial charge in [0.15, 0.2) is 0 Å². The van der Waals surface area contributed by atoms with E-state index in [1.807, 2.05) is 19.1 Å². The summed E-state index contributed by atoms with van der Waals surface area (Å²) < 4.78 is 38.5. The Morgan fingerprint density at radius 1 is 1.13 bits per heavy atom. The van der Waals surface area contributed by atoms with E-state index in [4.69, 9.17) is 38.4 Å². The topological polar surface area (TPSA) is 116 Å². The van der Waals surface area contributed by atoms with Crippen LogP contribution in [-0.2, 0) is 10.0 Å². The first-order valence-corrected chi connectivity index (χ1v) is 10.9. The Morgan fingerprint density at radius 3 is 2.47 bits per heavy atom. The van der Waals surface area contributed by atoms with Crippen molar-refractivity contribution in [2.45, 2.75) is 17.9 Å². The van der Waals surface area contributed by atoms with Gasteiger partial charge in [0, 0.05) is 6.04 Å². The van der Waals surface area contributed by atoms with Gasteiger partial charge in [-0.25, -0.2) is 13.4 Å². The smallest absolute Gasteiger partial charge is 0.264 e. The highest BCUT2D eigenvalue weighted by Crippen LogP contribution is 2.32. The number of anilines is 1. The summed E-state index contributed by atoms with van der Waals surface area (Å²) >= 11 is 11.9. The van der Waals surface area contributed by atoms with Crippen LogP contribution in [0.3, 0.4) is 0 Å². The SMILES string of the molecule is COc1nc(Oc2ccc([C@H](C)N)cc2)cnc1NS(=O)(=O)c1cccc(Cl)c1Cl. The van der Waals surface area contributed by atoms with Gasteiger partial charge in [-0.1, -0.05) is 41.4 Å². The predicted octanol–water partition coefficient (Wildman–Crippen LogP) is 4.40. The number of rotatable bonds is 7. The highest BCUT2D eigenvalue weighted by atomic mass is 35.5. The molecular weight excluding hydrogens is 451 g/mol. The fraction of sp³-hybridized carbons (Fsp3) is 0.158. The molecule has 3 N–H and O–H groups in total. The van der Waals surface area contributed by atoms with E-state index < -0.39 is 10.0 Å². The number of ether oxygens (including phenoxy) is 2. The summed E-state index contributed by atoms with van der Waals surface area (Å²) in [4.78, 5) is 8.00. The van der Waals surface area contributed by atoms with Gasteiger partial charge in [0.25, 0.3) is 15.9 Å². The lowest BCUT2D eigenvalue weighted by atomic mass is 10.1. The lowest BCUT2D eigenvalue weighted by Crippen LogP contribution is -2.15. The van der Waals surface area contributed by atoms with E-state index in [0.29, 0.717) is 5.75 Å². The fourth-order valence-electron chi connectivity index (χ4n) is 2.45. The molecule has 1 atom stereocenters. The number of nitrogens with two attached hydrogens (primary N) is 1. The molecule has 0 aliphatic rings. The normalized spacial score (nSPS) is 12.3. The first kappa shape index (κ1) is 22.1. The van der Waals surface area contributed by atoms with Gasteiger partial charge in [0.05, 0.1) is 23.4 Å². The molecular formula is C19H18Cl2N4O4S. The van der Waals surface area contributed by atoms with Gasteiger partial charge < -0.3 is 15.2 Å². The van der Waals surface area contributed by atoms with Crippen LogP contribution in [0.5, 0.6) is 17.5 Å². The third-order valence-electron chi connectivity index (χ3n) is 3.98. The molecule has 0 amide bonds. The van der Waals surface area contributed by atoms with Crippen molar-refractivity contribution in [1.29, 1.82) is 0 Å². The standard InChI is InChI=1S/C19H18Cl2N4O4S/c1-11(22)12-6-8-13(9-7-12)29-16-10-23-18(19(24-16)28-2)25-30(26,27)15-5-3-4-14(20)17(15)21/h3-11H,22H2,1-2H3,(H,23,25)/t11-/m0/s1. The summed E-state index contributed by atoms with van der Waals surface area (Å²) in [6.07, 6.45) is 1.26. The van der Waals surface area contributed by atoms with Crippen LogP contribution in [0.2, 0.25) is 10.0 Å². The molecule has 0 saturated carbocycles. The molecule has 1 heterocycles. The molecule has 0 unspecified atom stereocenters. The summed E-state index contributed by atoms with van der Waals surface area (Å²) in [6.45, 7) is 1.88. The first-order valence-electron chi connectivity index (χ1n) is 8.62. The summed E-state index contributed by atoms with van der Waals surface area (Å²) in [7, 11) is -2.76. The van der Waals surface area contributed by atoms with Crippen molar-refractivity contribution < 1.29 is 17.9 Å². The second-order valence-corrected chi connectivity index (χ2v) is 8.62. The number of hydrogen-bond acceptors (Lipinski definition) is 7. The van der Waals surface area contributed by atoms with Gasteiger partial charge in [0.2, 0.25) is 11.7 Å². The minimum absolute atomic E-state index is 0.0820. The average molecular weight is 469 g/mol. The quantitative estimate of drug-likeness (QED) is 0.527. The maximum Gasteiger partial charge on any atom is 0.264 e. The van der Waals surface area contributed by atoms with E-state index in [1.165, 1.54) is 31.5 Å². The molecule has 11 heteroatoms. The van der Waals surface area contributed by atoms with Crippen LogP contribution in [0.15, 0.2) is 53.6 Å². The summed E-state index contributed by atoms with van der Waals surface area (Å²) in [6, 6.07) is 11.3. The number of hydrogen-bond donors (Lipinski definition) is 2. The average Bonchev–Trinajstić information content (AvgIpc) is 2.71. The molecule has 2 aromatic carbocycles. The second-order valence-electron chi connectivity index (χ2n) is 6.18. The van der Waals surface area contributed by atoms with Crippen molar-refractivity contribution in [3.05, 3.63) is 64.3 Å². The maximum absolute atomic E-state index is 12.7. The van der Waals surface area contributed by atoms with E-state index in [0.717, 1.165) is 5.56 Å². The summed E-state index contributed by atoms with van der Waals surface area (Å²) in [5, 5.41) is 0.00479. The number of benzene rings is 2. The van der Waals surface area contributed by atoms with Gasteiger partial charge in [-0.3, -0.25) is 4.72 Å². The van der Waals surface area contributed by atoms with Crippen LogP contribution in [-0.4, -0.2) is 25.5 Å². The van der Waals surface area contributed by atoms with Crippen molar-refractivity contribution in [3.8, 4) is 17.5 Å². The Kier molecular flexibility index (Phi) is 6.67. The molecule has 3 aromatic rings. The van der Waals surface area contributed by atoms with Crippen molar-refractivity contribution in [1.82, 2.24) is 9.97 Å². The molecule has 158 valence electrons.